The summed E-state index contributed by atoms with van der Waals surface area (Å²) in [5, 5.41) is 2.64. The molecule has 0 N–H and O–H groups in total. The van der Waals surface area contributed by atoms with E-state index in [4.69, 9.17) is 0 Å². The topological polar surface area (TPSA) is 6.48 Å². The molecular formula is C24H24N2. The number of hydrogen-bond acceptors (Lipinski definition) is 2. The molecule has 2 nitrogen and oxygen atoms in total. The Kier molecular flexibility index (Phi) is 3.53. The first kappa shape index (κ1) is 15.5. The Morgan fingerprint density at radius 1 is 0.846 bits per heavy atom. The lowest BCUT2D eigenvalue weighted by molar-refractivity contribution is 0.622. The van der Waals surface area contributed by atoms with E-state index in [2.05, 4.69) is 90.4 Å². The predicted octanol–water partition coefficient (Wildman–Crippen LogP) is 5.47. The summed E-state index contributed by atoms with van der Waals surface area (Å²) in [4.78, 5) is 5.12. The SMILES string of the molecule is CCN1C2=Cc3ccccc3CC2N(CC)c2cc3ccccc3cc21. The molecule has 26 heavy (non-hydrogen) atoms. The van der Waals surface area contributed by atoms with Crippen LogP contribution in [-0.4, -0.2) is 19.1 Å². The standard InChI is InChI=1S/C24H24N2/c1-3-25-21-13-17-9-5-7-11-19(17)15-23(21)26(4-2)24-16-20-12-8-6-10-18(20)14-22(24)25/h5-15,24H,3-4,16H2,1-2H3. The van der Waals surface area contributed by atoms with Gasteiger partial charge in [0.05, 0.1) is 17.4 Å². The summed E-state index contributed by atoms with van der Waals surface area (Å²) in [6, 6.07) is 22.7. The van der Waals surface area contributed by atoms with E-state index in [1.807, 2.05) is 0 Å². The van der Waals surface area contributed by atoms with Crippen LogP contribution in [0.15, 0.2) is 66.4 Å². The summed E-state index contributed by atoms with van der Waals surface area (Å²) in [5.74, 6) is 0. The molecule has 2 heteroatoms. The van der Waals surface area contributed by atoms with Crippen LogP contribution in [0.4, 0.5) is 11.4 Å². The van der Waals surface area contributed by atoms with Gasteiger partial charge >= 0.3 is 0 Å². The molecule has 3 aromatic rings. The molecule has 0 fully saturated rings. The molecule has 0 aromatic heterocycles. The summed E-state index contributed by atoms with van der Waals surface area (Å²) < 4.78 is 0. The van der Waals surface area contributed by atoms with Crippen molar-refractivity contribution in [2.24, 2.45) is 0 Å². The third-order valence-corrected chi connectivity index (χ3v) is 5.90. The molecule has 0 spiro atoms. The normalized spacial score (nSPS) is 18.2. The Morgan fingerprint density at radius 3 is 2.27 bits per heavy atom. The van der Waals surface area contributed by atoms with Crippen LogP contribution in [0.25, 0.3) is 16.8 Å². The largest absolute Gasteiger partial charge is 0.361 e. The number of hydrogen-bond donors (Lipinski definition) is 0. The molecule has 1 unspecified atom stereocenters. The zero-order valence-corrected chi connectivity index (χ0v) is 15.4. The van der Waals surface area contributed by atoms with Crippen molar-refractivity contribution in [3.63, 3.8) is 0 Å². The molecule has 0 radical (unpaired) electrons. The zero-order chi connectivity index (χ0) is 17.7. The van der Waals surface area contributed by atoms with Gasteiger partial charge in [0.15, 0.2) is 0 Å². The van der Waals surface area contributed by atoms with Gasteiger partial charge in [-0.1, -0.05) is 48.5 Å². The van der Waals surface area contributed by atoms with Crippen LogP contribution in [0, 0.1) is 0 Å². The van der Waals surface area contributed by atoms with Gasteiger partial charge in [-0.2, -0.15) is 0 Å². The lowest BCUT2D eigenvalue weighted by atomic mass is 9.87. The van der Waals surface area contributed by atoms with E-state index >= 15 is 0 Å². The maximum absolute atomic E-state index is 2.59. The summed E-state index contributed by atoms with van der Waals surface area (Å²) in [6.45, 7) is 6.55. The van der Waals surface area contributed by atoms with E-state index < -0.39 is 0 Å². The van der Waals surface area contributed by atoms with Crippen LogP contribution in [0.2, 0.25) is 0 Å². The molecule has 0 saturated heterocycles. The van der Waals surface area contributed by atoms with Crippen LogP contribution in [-0.2, 0) is 6.42 Å². The second kappa shape index (κ2) is 5.91. The van der Waals surface area contributed by atoms with Crippen molar-refractivity contribution < 1.29 is 0 Å². The molecular weight excluding hydrogens is 316 g/mol. The zero-order valence-electron chi connectivity index (χ0n) is 15.4. The fraction of sp³-hybridized carbons (Fsp3) is 0.250. The van der Waals surface area contributed by atoms with Crippen molar-refractivity contribution in [1.29, 1.82) is 0 Å². The summed E-state index contributed by atoms with van der Waals surface area (Å²) in [6.07, 6.45) is 3.49. The van der Waals surface area contributed by atoms with Gasteiger partial charge in [0.2, 0.25) is 0 Å². The second-order valence-corrected chi connectivity index (χ2v) is 7.21. The quantitative estimate of drug-likeness (QED) is 0.610. The van der Waals surface area contributed by atoms with Gasteiger partial charge in [0.1, 0.15) is 0 Å². The average molecular weight is 340 g/mol. The molecule has 130 valence electrons. The lowest BCUT2D eigenvalue weighted by Gasteiger charge is -2.47. The minimum atomic E-state index is 0.420. The number of likely N-dealkylation sites (N-methyl/N-ethyl adjacent to an activating group) is 2. The second-order valence-electron chi connectivity index (χ2n) is 7.21. The highest BCUT2D eigenvalue weighted by molar-refractivity contribution is 5.95. The Morgan fingerprint density at radius 2 is 1.54 bits per heavy atom. The fourth-order valence-electron chi connectivity index (χ4n) is 4.67. The summed E-state index contributed by atoms with van der Waals surface area (Å²) in [5.41, 5.74) is 6.98. The molecule has 2 aliphatic rings. The van der Waals surface area contributed by atoms with E-state index in [0.717, 1.165) is 19.5 Å². The van der Waals surface area contributed by atoms with Crippen molar-refractivity contribution in [2.45, 2.75) is 26.3 Å². The van der Waals surface area contributed by atoms with Crippen molar-refractivity contribution in [2.75, 3.05) is 22.9 Å². The summed E-state index contributed by atoms with van der Waals surface area (Å²) in [7, 11) is 0. The minimum Gasteiger partial charge on any atom is -0.361 e. The molecule has 5 rings (SSSR count). The Balaban J connectivity index is 1.76. The highest BCUT2D eigenvalue weighted by atomic mass is 15.3. The van der Waals surface area contributed by atoms with E-state index in [0.29, 0.717) is 6.04 Å². The first-order valence-corrected chi connectivity index (χ1v) is 9.66. The average Bonchev–Trinajstić information content (AvgIpc) is 2.69. The van der Waals surface area contributed by atoms with Gasteiger partial charge in [-0.25, -0.2) is 0 Å². The van der Waals surface area contributed by atoms with Crippen molar-refractivity contribution >= 4 is 28.2 Å². The van der Waals surface area contributed by atoms with Crippen LogP contribution >= 0.6 is 0 Å². The molecule has 0 saturated carbocycles. The van der Waals surface area contributed by atoms with Gasteiger partial charge in [0, 0.05) is 18.8 Å². The van der Waals surface area contributed by atoms with Crippen molar-refractivity contribution in [3.8, 4) is 0 Å². The number of nitrogens with zero attached hydrogens (tertiary/aromatic N) is 2. The van der Waals surface area contributed by atoms with Gasteiger partial charge in [-0.15, -0.1) is 0 Å². The molecule has 3 aromatic carbocycles. The third kappa shape index (κ3) is 2.18. The van der Waals surface area contributed by atoms with Crippen LogP contribution in [0.3, 0.4) is 0 Å². The summed E-state index contributed by atoms with van der Waals surface area (Å²) >= 11 is 0. The van der Waals surface area contributed by atoms with E-state index in [1.165, 1.54) is 39.0 Å². The van der Waals surface area contributed by atoms with Gasteiger partial charge in [-0.05, 0) is 60.4 Å². The monoisotopic (exact) mass is 340 g/mol. The van der Waals surface area contributed by atoms with Crippen molar-refractivity contribution in [3.05, 3.63) is 77.5 Å². The number of fused-ring (bicyclic) bond motifs is 4. The molecule has 0 bridgehead atoms. The Bertz CT molecular complexity index is 1020. The minimum absolute atomic E-state index is 0.420. The smallest absolute Gasteiger partial charge is 0.0735 e. The predicted molar refractivity (Wildman–Crippen MR) is 112 cm³/mol. The highest BCUT2D eigenvalue weighted by Crippen LogP contribution is 2.45. The number of benzene rings is 3. The maximum atomic E-state index is 2.59. The van der Waals surface area contributed by atoms with Crippen LogP contribution in [0.5, 0.6) is 0 Å². The van der Waals surface area contributed by atoms with Crippen LogP contribution < -0.4 is 9.80 Å². The lowest BCUT2D eigenvalue weighted by Crippen LogP contribution is -2.49. The van der Waals surface area contributed by atoms with Gasteiger partial charge in [-0.3, -0.25) is 0 Å². The van der Waals surface area contributed by atoms with Gasteiger partial charge < -0.3 is 9.80 Å². The van der Waals surface area contributed by atoms with E-state index in [9.17, 15) is 0 Å². The first-order chi connectivity index (χ1) is 12.8. The molecule has 0 amide bonds. The van der Waals surface area contributed by atoms with Crippen LogP contribution in [0.1, 0.15) is 25.0 Å². The first-order valence-electron chi connectivity index (χ1n) is 9.66. The van der Waals surface area contributed by atoms with E-state index in [1.54, 1.807) is 0 Å². The Labute approximate surface area is 155 Å². The molecule has 1 aliphatic carbocycles. The van der Waals surface area contributed by atoms with Gasteiger partial charge in [0.25, 0.3) is 0 Å². The molecule has 1 heterocycles. The van der Waals surface area contributed by atoms with E-state index in [-0.39, 0.29) is 0 Å². The highest BCUT2D eigenvalue weighted by Gasteiger charge is 2.36. The molecule has 1 atom stereocenters. The number of anilines is 2. The number of rotatable bonds is 2. The fourth-order valence-corrected chi connectivity index (χ4v) is 4.67. The Hall–Kier alpha value is -2.74. The maximum Gasteiger partial charge on any atom is 0.0735 e. The van der Waals surface area contributed by atoms with Crippen molar-refractivity contribution in [1.82, 2.24) is 0 Å². The third-order valence-electron chi connectivity index (χ3n) is 5.90. The molecule has 1 aliphatic heterocycles.